The highest BCUT2D eigenvalue weighted by Gasteiger charge is 2.44. The molecule has 11 rings (SSSR count). The maximum absolute atomic E-state index is 11.0. The molecule has 4 aromatic heterocycles. The van der Waals surface area contributed by atoms with Crippen LogP contribution in [0.5, 0.6) is 0 Å². The molecule has 0 saturated carbocycles. The summed E-state index contributed by atoms with van der Waals surface area (Å²) in [7, 11) is -1.99. The highest BCUT2D eigenvalue weighted by Crippen LogP contribution is 2.55. The van der Waals surface area contributed by atoms with Gasteiger partial charge in [-0.3, -0.25) is 0 Å². The van der Waals surface area contributed by atoms with Gasteiger partial charge in [-0.15, -0.1) is 0 Å². The van der Waals surface area contributed by atoms with Crippen LogP contribution in [0.1, 0.15) is 163 Å². The first-order valence-corrected chi connectivity index (χ1v) is 26.5. The van der Waals surface area contributed by atoms with Gasteiger partial charge in [-0.05, 0) is 128 Å². The van der Waals surface area contributed by atoms with Gasteiger partial charge in [-0.25, -0.2) is 0 Å². The van der Waals surface area contributed by atoms with Crippen molar-refractivity contribution in [2.75, 3.05) is 0 Å². The number of hydrogen-bond donors (Lipinski definition) is 0. The van der Waals surface area contributed by atoms with Gasteiger partial charge in [-0.1, -0.05) is 134 Å². The second-order valence-electron chi connectivity index (χ2n) is 24.8. The van der Waals surface area contributed by atoms with Crippen LogP contribution in [0, 0.1) is 11.3 Å². The van der Waals surface area contributed by atoms with Gasteiger partial charge in [0.25, 0.3) is 0 Å². The largest absolute Gasteiger partial charge is 0.308 e. The van der Waals surface area contributed by atoms with Gasteiger partial charge in [0.15, 0.2) is 0 Å². The van der Waals surface area contributed by atoms with Crippen LogP contribution in [0.2, 0.25) is 17.6 Å². The second-order valence-corrected chi connectivity index (χ2v) is 30.3. The number of benzene rings is 5. The molecule has 0 fully saturated rings. The molecule has 62 heavy (non-hydrogen) atoms. The van der Waals surface area contributed by atoms with E-state index in [0.717, 1.165) is 18.4 Å². The Kier molecular flexibility index (Phi) is 7.74. The van der Waals surface area contributed by atoms with E-state index in [9.17, 15) is 5.26 Å². The summed E-state index contributed by atoms with van der Waals surface area (Å²) in [6, 6.07) is 25.5. The van der Waals surface area contributed by atoms with Gasteiger partial charge in [0.2, 0.25) is 0 Å². The zero-order valence-electron chi connectivity index (χ0n) is 40.5. The Balaban J connectivity index is 1.39. The van der Waals surface area contributed by atoms with Crippen LogP contribution >= 0.6 is 0 Å². The normalized spacial score (nSPS) is 18.9. The fourth-order valence-corrected chi connectivity index (χ4v) is 17.0. The third kappa shape index (κ3) is 4.82. The average molecular weight is 834 g/mol. The quantitative estimate of drug-likeness (QED) is 0.163. The summed E-state index contributed by atoms with van der Waals surface area (Å²) in [6.07, 6.45) is 4.58. The summed E-state index contributed by atoms with van der Waals surface area (Å²) in [6.45, 7) is 39.2. The van der Waals surface area contributed by atoms with E-state index >= 15 is 0 Å². The lowest BCUT2D eigenvalue weighted by molar-refractivity contribution is 0.334. The number of fused-ring (bicyclic) bond motifs is 16. The molecule has 5 aromatic carbocycles. The monoisotopic (exact) mass is 834 g/mol. The molecule has 0 bridgehead atoms. The van der Waals surface area contributed by atoms with Crippen LogP contribution in [-0.4, -0.2) is 16.9 Å². The first-order valence-electron chi connectivity index (χ1n) is 23.8. The molecule has 2 aliphatic rings. The predicted octanol–water partition coefficient (Wildman–Crippen LogP) is 16.0. The zero-order valence-corrected chi connectivity index (χ0v) is 41.5. The van der Waals surface area contributed by atoms with E-state index < -0.39 is 8.07 Å². The Morgan fingerprint density at radius 1 is 0.548 bits per heavy atom. The predicted molar refractivity (Wildman–Crippen MR) is 271 cm³/mol. The molecule has 0 saturated heterocycles. The van der Waals surface area contributed by atoms with Gasteiger partial charge in [0.1, 0.15) is 0 Å². The van der Waals surface area contributed by atoms with Gasteiger partial charge in [0.05, 0.1) is 52.8 Å². The highest BCUT2D eigenvalue weighted by atomic mass is 28.3. The number of nitriles is 1. The minimum absolute atomic E-state index is 0.0195. The molecule has 0 spiro atoms. The smallest absolute Gasteiger partial charge is 0.0995 e. The maximum Gasteiger partial charge on any atom is 0.0995 e. The third-order valence-electron chi connectivity index (χ3n) is 17.9. The van der Waals surface area contributed by atoms with E-state index in [0.29, 0.717) is 11.1 Å². The Bertz CT molecular complexity index is 3460. The van der Waals surface area contributed by atoms with Crippen molar-refractivity contribution in [2.45, 2.75) is 174 Å². The molecule has 4 heterocycles. The SMILES string of the molecule is CC(C)[Si](C)(c1cc2c3cc4c(cc3n3c5cc(C#N)c6c(c5c(c1)c23)C(C)(C)CCC6(C)C)c1cc(C(C)(C)C)cc2c3c5c(ccc3n4c12)C(C)(C)CCC5(C)C)C(C)C. The first kappa shape index (κ1) is 40.2. The zero-order chi connectivity index (χ0) is 44.3. The standard InChI is InChI=1S/C58H67N3Si/c1-31(2)62(16,32(3)4)35-26-39-37-29-44-36(28-45(37)61-46-23-33(30-59)49-51(48(46)41(27-35)53(39)61)58(14,15)22-21-56(49,10)11)38-24-34(54(5,6)7)25-40-47-43(60(44)52(38)40)18-17-42-50(47)57(12,13)20-19-55(42,8)9/h17-18,23-29,31-32H,19-22H2,1-16H3. The second kappa shape index (κ2) is 11.9. The molecule has 0 aliphatic heterocycles. The van der Waals surface area contributed by atoms with Gasteiger partial charge < -0.3 is 8.80 Å². The Hall–Kier alpha value is -4.59. The lowest BCUT2D eigenvalue weighted by atomic mass is 9.61. The lowest BCUT2D eigenvalue weighted by Crippen LogP contribution is -2.50. The van der Waals surface area contributed by atoms with E-state index in [4.69, 9.17) is 0 Å². The van der Waals surface area contributed by atoms with Crippen molar-refractivity contribution in [1.29, 1.82) is 5.26 Å². The Labute approximate surface area is 370 Å². The van der Waals surface area contributed by atoms with Crippen LogP contribution in [0.25, 0.3) is 76.2 Å². The third-order valence-corrected chi connectivity index (χ3v) is 24.2. The van der Waals surface area contributed by atoms with Gasteiger partial charge >= 0.3 is 0 Å². The van der Waals surface area contributed by atoms with Crippen molar-refractivity contribution in [1.82, 2.24) is 8.80 Å². The van der Waals surface area contributed by atoms with Crippen LogP contribution < -0.4 is 5.19 Å². The van der Waals surface area contributed by atoms with Crippen LogP contribution in [0.4, 0.5) is 0 Å². The lowest BCUT2D eigenvalue weighted by Gasteiger charge is -2.43. The van der Waals surface area contributed by atoms with Gasteiger partial charge in [0, 0.05) is 43.1 Å². The van der Waals surface area contributed by atoms with Crippen LogP contribution in [0.3, 0.4) is 0 Å². The van der Waals surface area contributed by atoms with E-state index in [1.54, 1.807) is 10.8 Å². The van der Waals surface area contributed by atoms with Gasteiger partial charge in [-0.2, -0.15) is 5.26 Å². The fraction of sp³-hybridized carbons (Fsp3) is 0.466. The average Bonchev–Trinajstić information content (AvgIpc) is 3.91. The van der Waals surface area contributed by atoms with Crippen molar-refractivity contribution >= 4 is 89.5 Å². The first-order chi connectivity index (χ1) is 28.8. The van der Waals surface area contributed by atoms with Crippen molar-refractivity contribution in [3.05, 3.63) is 88.0 Å². The van der Waals surface area contributed by atoms with Crippen LogP contribution in [0.15, 0.2) is 54.6 Å². The summed E-state index contributed by atoms with van der Waals surface area (Å²) < 4.78 is 5.25. The minimum Gasteiger partial charge on any atom is -0.308 e. The molecule has 2 aliphatic carbocycles. The van der Waals surface area contributed by atoms with E-state index in [-0.39, 0.29) is 27.1 Å². The number of aromatic nitrogens is 2. The maximum atomic E-state index is 11.0. The van der Waals surface area contributed by atoms with Crippen molar-refractivity contribution in [3.8, 4) is 6.07 Å². The van der Waals surface area contributed by atoms with E-state index in [1.807, 2.05) is 0 Å². The molecule has 3 nitrogen and oxygen atoms in total. The van der Waals surface area contributed by atoms with Crippen molar-refractivity contribution in [2.24, 2.45) is 0 Å². The van der Waals surface area contributed by atoms with E-state index in [2.05, 4.69) is 180 Å². The number of hydrogen-bond acceptors (Lipinski definition) is 1. The molecule has 318 valence electrons. The molecule has 9 aromatic rings. The summed E-state index contributed by atoms with van der Waals surface area (Å²) in [4.78, 5) is 0. The summed E-state index contributed by atoms with van der Waals surface area (Å²) >= 11 is 0. The molecular weight excluding hydrogens is 767 g/mol. The van der Waals surface area contributed by atoms with Crippen molar-refractivity contribution in [3.63, 3.8) is 0 Å². The molecule has 0 atom stereocenters. The van der Waals surface area contributed by atoms with Crippen LogP contribution in [-0.2, 0) is 27.1 Å². The molecule has 0 unspecified atom stereocenters. The topological polar surface area (TPSA) is 32.6 Å². The molecule has 0 amide bonds. The minimum atomic E-state index is -1.99. The number of rotatable bonds is 3. The summed E-state index contributed by atoms with van der Waals surface area (Å²) in [5.41, 5.74) is 17.0. The van der Waals surface area contributed by atoms with E-state index in [1.165, 1.54) is 111 Å². The Morgan fingerprint density at radius 2 is 1.02 bits per heavy atom. The Morgan fingerprint density at radius 3 is 1.58 bits per heavy atom. The molecule has 4 heteroatoms. The molecule has 0 N–H and O–H groups in total. The highest BCUT2D eigenvalue weighted by molar-refractivity contribution is 6.93. The van der Waals surface area contributed by atoms with Crippen molar-refractivity contribution < 1.29 is 0 Å². The summed E-state index contributed by atoms with van der Waals surface area (Å²) in [5.74, 6) is 0. The molecule has 0 radical (unpaired) electrons. The fourth-order valence-electron chi connectivity index (χ4n) is 13.4. The molecular formula is C58H67N3Si. The number of nitrogens with zero attached hydrogens (tertiary/aromatic N) is 3. The summed E-state index contributed by atoms with van der Waals surface area (Å²) in [5, 5.41) is 23.6.